The standard InChI is InChI=1S/C14H21BrO5/c1-9(16)19-8-12-5-3-4-11(13(18)7-15)6-14(12)20-10(2)17/h11-12,14H,3-8H2,1-2H3/t11?,12-,14-/m1/s1. The van der Waals surface area contributed by atoms with Crippen molar-refractivity contribution in [2.75, 3.05) is 11.9 Å². The highest BCUT2D eigenvalue weighted by atomic mass is 79.9. The van der Waals surface area contributed by atoms with Crippen molar-refractivity contribution in [2.45, 2.75) is 45.6 Å². The highest BCUT2D eigenvalue weighted by Gasteiger charge is 2.33. The van der Waals surface area contributed by atoms with Gasteiger partial charge in [0.2, 0.25) is 0 Å². The van der Waals surface area contributed by atoms with Gasteiger partial charge in [0, 0.05) is 25.7 Å². The Labute approximate surface area is 127 Å². The van der Waals surface area contributed by atoms with Crippen molar-refractivity contribution >= 4 is 33.7 Å². The Balaban J connectivity index is 2.74. The molecule has 1 aliphatic carbocycles. The maximum Gasteiger partial charge on any atom is 0.302 e. The summed E-state index contributed by atoms with van der Waals surface area (Å²) in [7, 11) is 0. The van der Waals surface area contributed by atoms with Crippen LogP contribution in [0.25, 0.3) is 0 Å². The van der Waals surface area contributed by atoms with Gasteiger partial charge in [-0.25, -0.2) is 0 Å². The summed E-state index contributed by atoms with van der Waals surface area (Å²) in [5, 5.41) is 0.319. The van der Waals surface area contributed by atoms with Crippen molar-refractivity contribution in [2.24, 2.45) is 11.8 Å². The van der Waals surface area contributed by atoms with E-state index in [1.165, 1.54) is 13.8 Å². The summed E-state index contributed by atoms with van der Waals surface area (Å²) in [5.74, 6) is -0.703. The van der Waals surface area contributed by atoms with Gasteiger partial charge >= 0.3 is 11.9 Å². The molecule has 1 aliphatic rings. The molecular weight excluding hydrogens is 328 g/mol. The van der Waals surface area contributed by atoms with Crippen molar-refractivity contribution in [3.05, 3.63) is 0 Å². The van der Waals surface area contributed by atoms with Gasteiger partial charge in [0.25, 0.3) is 0 Å². The molecule has 5 nitrogen and oxygen atoms in total. The number of ketones is 1. The quantitative estimate of drug-likeness (QED) is 0.433. The maximum atomic E-state index is 11.9. The van der Waals surface area contributed by atoms with Crippen LogP contribution in [0.4, 0.5) is 0 Å². The van der Waals surface area contributed by atoms with E-state index in [-0.39, 0.29) is 42.3 Å². The lowest BCUT2D eigenvalue weighted by Crippen LogP contribution is -2.32. The number of esters is 2. The zero-order valence-corrected chi connectivity index (χ0v) is 13.5. The first-order chi connectivity index (χ1) is 9.43. The second kappa shape index (κ2) is 8.39. The van der Waals surface area contributed by atoms with Crippen LogP contribution >= 0.6 is 15.9 Å². The van der Waals surface area contributed by atoms with Crippen LogP contribution in [0.5, 0.6) is 0 Å². The fraction of sp³-hybridized carbons (Fsp3) is 0.786. The number of alkyl halides is 1. The first kappa shape index (κ1) is 17.1. The van der Waals surface area contributed by atoms with E-state index < -0.39 is 0 Å². The third-order valence-corrected chi connectivity index (χ3v) is 4.13. The number of Topliss-reactive ketones (excluding diaryl/α,β-unsaturated/α-hetero) is 1. The van der Waals surface area contributed by atoms with Gasteiger partial charge in [0.15, 0.2) is 0 Å². The highest BCUT2D eigenvalue weighted by Crippen LogP contribution is 2.31. The molecule has 0 aromatic heterocycles. The molecule has 3 atom stereocenters. The smallest absolute Gasteiger partial charge is 0.302 e. The first-order valence-corrected chi connectivity index (χ1v) is 7.95. The predicted octanol–water partition coefficient (Wildman–Crippen LogP) is 2.25. The van der Waals surface area contributed by atoms with Crippen LogP contribution in [0.3, 0.4) is 0 Å². The Morgan fingerprint density at radius 1 is 1.15 bits per heavy atom. The Bertz CT molecular complexity index is 369. The molecule has 0 aliphatic heterocycles. The molecule has 1 rings (SSSR count). The third-order valence-electron chi connectivity index (χ3n) is 3.58. The lowest BCUT2D eigenvalue weighted by atomic mass is 9.93. The molecule has 0 aromatic carbocycles. The van der Waals surface area contributed by atoms with Crippen LogP contribution in [0.2, 0.25) is 0 Å². The monoisotopic (exact) mass is 348 g/mol. The van der Waals surface area contributed by atoms with Crippen LogP contribution in [0.15, 0.2) is 0 Å². The van der Waals surface area contributed by atoms with E-state index >= 15 is 0 Å². The number of carbonyl (C=O) groups is 3. The number of ether oxygens (including phenoxy) is 2. The van der Waals surface area contributed by atoms with E-state index in [1.54, 1.807) is 0 Å². The molecule has 1 fully saturated rings. The minimum absolute atomic E-state index is 0.0316. The van der Waals surface area contributed by atoms with E-state index in [9.17, 15) is 14.4 Å². The molecule has 0 bridgehead atoms. The molecule has 0 spiro atoms. The lowest BCUT2D eigenvalue weighted by molar-refractivity contribution is -0.154. The zero-order valence-electron chi connectivity index (χ0n) is 11.9. The van der Waals surface area contributed by atoms with Gasteiger partial charge in [-0.05, 0) is 19.3 Å². The Morgan fingerprint density at radius 2 is 1.85 bits per heavy atom. The average Bonchev–Trinajstić information content (AvgIpc) is 2.57. The molecule has 0 aromatic rings. The summed E-state index contributed by atoms with van der Waals surface area (Å²) in [6, 6.07) is 0. The topological polar surface area (TPSA) is 69.7 Å². The normalized spacial score (nSPS) is 26.4. The Kier molecular flexibility index (Phi) is 7.19. The maximum absolute atomic E-state index is 11.9. The van der Waals surface area contributed by atoms with E-state index in [0.29, 0.717) is 11.8 Å². The molecule has 1 unspecified atom stereocenters. The number of hydrogen-bond donors (Lipinski definition) is 0. The van der Waals surface area contributed by atoms with Gasteiger partial charge in [-0.15, -0.1) is 0 Å². The second-order valence-corrected chi connectivity index (χ2v) is 5.73. The highest BCUT2D eigenvalue weighted by molar-refractivity contribution is 9.09. The van der Waals surface area contributed by atoms with Crippen molar-refractivity contribution in [3.63, 3.8) is 0 Å². The van der Waals surface area contributed by atoms with Gasteiger partial charge in [-0.3, -0.25) is 14.4 Å². The van der Waals surface area contributed by atoms with E-state index in [2.05, 4.69) is 15.9 Å². The van der Waals surface area contributed by atoms with Crippen molar-refractivity contribution in [3.8, 4) is 0 Å². The molecule has 1 saturated carbocycles. The van der Waals surface area contributed by atoms with Crippen LogP contribution in [-0.2, 0) is 23.9 Å². The van der Waals surface area contributed by atoms with Gasteiger partial charge in [0.05, 0.1) is 11.9 Å². The van der Waals surface area contributed by atoms with Crippen molar-refractivity contribution in [1.29, 1.82) is 0 Å². The van der Waals surface area contributed by atoms with Gasteiger partial charge in [0.1, 0.15) is 11.9 Å². The summed E-state index contributed by atoms with van der Waals surface area (Å²) in [4.78, 5) is 34.0. The molecule has 114 valence electrons. The van der Waals surface area contributed by atoms with Crippen molar-refractivity contribution < 1.29 is 23.9 Å². The SMILES string of the molecule is CC(=O)OC[C@H]1CCCC(C(=O)CBr)C[C@H]1OC(C)=O. The predicted molar refractivity (Wildman–Crippen MR) is 76.4 cm³/mol. The summed E-state index contributed by atoms with van der Waals surface area (Å²) in [6.45, 7) is 2.95. The molecule has 0 amide bonds. The van der Waals surface area contributed by atoms with Gasteiger partial charge in [-0.1, -0.05) is 22.4 Å². The molecular formula is C14H21BrO5. The zero-order chi connectivity index (χ0) is 15.1. The van der Waals surface area contributed by atoms with Crippen LogP contribution in [0.1, 0.15) is 39.5 Å². The van der Waals surface area contributed by atoms with Gasteiger partial charge < -0.3 is 9.47 Å². The molecule has 20 heavy (non-hydrogen) atoms. The Hall–Kier alpha value is -0.910. The summed E-state index contributed by atoms with van der Waals surface area (Å²) < 4.78 is 10.4. The summed E-state index contributed by atoms with van der Waals surface area (Å²) in [5.41, 5.74) is 0. The lowest BCUT2D eigenvalue weighted by Gasteiger charge is -2.25. The van der Waals surface area contributed by atoms with Crippen LogP contribution in [-0.4, -0.2) is 35.8 Å². The fourth-order valence-corrected chi connectivity index (χ4v) is 3.03. The minimum atomic E-state index is -0.366. The molecule has 6 heteroatoms. The largest absolute Gasteiger partial charge is 0.465 e. The Morgan fingerprint density at radius 3 is 2.40 bits per heavy atom. The number of hydrogen-bond acceptors (Lipinski definition) is 5. The number of carbonyl (C=O) groups excluding carboxylic acids is 3. The van der Waals surface area contributed by atoms with E-state index in [4.69, 9.17) is 9.47 Å². The molecule has 0 N–H and O–H groups in total. The number of rotatable bonds is 5. The molecule has 0 radical (unpaired) electrons. The second-order valence-electron chi connectivity index (χ2n) is 5.17. The van der Waals surface area contributed by atoms with E-state index in [0.717, 1.165) is 19.3 Å². The van der Waals surface area contributed by atoms with Crippen molar-refractivity contribution in [1.82, 2.24) is 0 Å². The number of halogens is 1. The molecule has 0 saturated heterocycles. The van der Waals surface area contributed by atoms with Crippen LogP contribution < -0.4 is 0 Å². The summed E-state index contributed by atoms with van der Waals surface area (Å²) >= 11 is 3.18. The summed E-state index contributed by atoms with van der Waals surface area (Å²) in [6.07, 6.45) is 2.60. The first-order valence-electron chi connectivity index (χ1n) is 6.83. The van der Waals surface area contributed by atoms with Gasteiger partial charge in [-0.2, -0.15) is 0 Å². The minimum Gasteiger partial charge on any atom is -0.465 e. The third kappa shape index (κ3) is 5.61. The fourth-order valence-electron chi connectivity index (χ4n) is 2.58. The molecule has 0 heterocycles. The van der Waals surface area contributed by atoms with Crippen LogP contribution in [0, 0.1) is 11.8 Å². The average molecular weight is 349 g/mol. The van der Waals surface area contributed by atoms with E-state index in [1.807, 2.05) is 0 Å².